The van der Waals surface area contributed by atoms with E-state index in [4.69, 9.17) is 16.7 Å². The molecule has 0 heterocycles. The molecule has 1 aromatic rings. The van der Waals surface area contributed by atoms with E-state index in [9.17, 15) is 13.2 Å². The van der Waals surface area contributed by atoms with Gasteiger partial charge in [-0.3, -0.25) is 4.79 Å². The van der Waals surface area contributed by atoms with Crippen LogP contribution in [0.5, 0.6) is 0 Å². The molecular formula is C10H11ClO4S. The summed E-state index contributed by atoms with van der Waals surface area (Å²) in [6.45, 7) is -0.732. The molecule has 0 aromatic heterocycles. The van der Waals surface area contributed by atoms with Crippen molar-refractivity contribution in [3.05, 3.63) is 34.9 Å². The van der Waals surface area contributed by atoms with E-state index < -0.39 is 27.5 Å². The van der Waals surface area contributed by atoms with Crippen LogP contribution in [0.25, 0.3) is 0 Å². The van der Waals surface area contributed by atoms with Crippen LogP contribution >= 0.6 is 11.6 Å². The SMILES string of the molecule is CS(=O)(=O)[C@@H](CO)C(=O)c1cccc(Cl)c1. The molecule has 88 valence electrons. The van der Waals surface area contributed by atoms with Crippen molar-refractivity contribution in [1.82, 2.24) is 0 Å². The van der Waals surface area contributed by atoms with Gasteiger partial charge in [-0.2, -0.15) is 0 Å². The molecule has 0 saturated heterocycles. The molecule has 0 aliphatic heterocycles. The molecule has 1 aromatic carbocycles. The van der Waals surface area contributed by atoms with E-state index in [1.807, 2.05) is 0 Å². The number of benzene rings is 1. The van der Waals surface area contributed by atoms with Crippen LogP contribution in [0.4, 0.5) is 0 Å². The number of rotatable bonds is 4. The molecule has 1 N–H and O–H groups in total. The van der Waals surface area contributed by atoms with E-state index in [1.165, 1.54) is 12.1 Å². The predicted octanol–water partition coefficient (Wildman–Crippen LogP) is 0.928. The van der Waals surface area contributed by atoms with Gasteiger partial charge >= 0.3 is 0 Å². The minimum absolute atomic E-state index is 0.178. The van der Waals surface area contributed by atoms with Gasteiger partial charge in [-0.15, -0.1) is 0 Å². The third-order valence-electron chi connectivity index (χ3n) is 2.08. The number of Topliss-reactive ketones (excluding diaryl/α,β-unsaturated/α-hetero) is 1. The Balaban J connectivity index is 3.11. The second-order valence-electron chi connectivity index (χ2n) is 3.38. The lowest BCUT2D eigenvalue weighted by molar-refractivity contribution is 0.0962. The van der Waals surface area contributed by atoms with Crippen LogP contribution < -0.4 is 0 Å². The molecule has 1 atom stereocenters. The van der Waals surface area contributed by atoms with E-state index in [-0.39, 0.29) is 5.56 Å². The van der Waals surface area contributed by atoms with Gasteiger partial charge in [-0.05, 0) is 12.1 Å². The van der Waals surface area contributed by atoms with Gasteiger partial charge in [0.05, 0.1) is 6.61 Å². The number of carbonyl (C=O) groups is 1. The molecule has 4 nitrogen and oxygen atoms in total. The van der Waals surface area contributed by atoms with Crippen LogP contribution in [-0.4, -0.2) is 37.4 Å². The Kier molecular flexibility index (Phi) is 4.07. The van der Waals surface area contributed by atoms with Crippen LogP contribution in [0, 0.1) is 0 Å². The molecule has 0 bridgehead atoms. The second-order valence-corrected chi connectivity index (χ2v) is 6.04. The third-order valence-corrected chi connectivity index (χ3v) is 3.72. The molecule has 6 heteroatoms. The number of hydrogen-bond donors (Lipinski definition) is 1. The number of ketones is 1. The topological polar surface area (TPSA) is 71.4 Å². The molecule has 0 radical (unpaired) electrons. The first-order chi connectivity index (χ1) is 7.36. The van der Waals surface area contributed by atoms with Crippen LogP contribution in [-0.2, 0) is 9.84 Å². The van der Waals surface area contributed by atoms with Crippen molar-refractivity contribution in [3.63, 3.8) is 0 Å². The van der Waals surface area contributed by atoms with Crippen LogP contribution in [0.15, 0.2) is 24.3 Å². The molecule has 0 fully saturated rings. The molecule has 0 saturated carbocycles. The van der Waals surface area contributed by atoms with E-state index in [0.717, 1.165) is 6.26 Å². The summed E-state index contributed by atoms with van der Waals surface area (Å²) in [5.41, 5.74) is 0.178. The molecule has 0 amide bonds. The lowest BCUT2D eigenvalue weighted by Crippen LogP contribution is -2.33. The molecule has 0 aliphatic carbocycles. The summed E-state index contributed by atoms with van der Waals surface area (Å²) in [5, 5.41) is 7.85. The monoisotopic (exact) mass is 262 g/mol. The number of halogens is 1. The van der Waals surface area contributed by atoms with Gasteiger partial charge in [0.2, 0.25) is 0 Å². The quantitative estimate of drug-likeness (QED) is 0.820. The number of carbonyl (C=O) groups excluding carboxylic acids is 1. The van der Waals surface area contributed by atoms with Crippen molar-refractivity contribution in [2.45, 2.75) is 5.25 Å². The number of sulfone groups is 1. The molecule has 1 rings (SSSR count). The fourth-order valence-corrected chi connectivity index (χ4v) is 2.23. The summed E-state index contributed by atoms with van der Waals surface area (Å²) < 4.78 is 22.5. The Bertz CT molecular complexity index is 495. The van der Waals surface area contributed by atoms with Gasteiger partial charge in [-0.1, -0.05) is 23.7 Å². The maximum absolute atomic E-state index is 11.8. The first-order valence-electron chi connectivity index (χ1n) is 4.45. The first-order valence-corrected chi connectivity index (χ1v) is 6.79. The zero-order chi connectivity index (χ0) is 12.3. The van der Waals surface area contributed by atoms with Crippen molar-refractivity contribution in [2.75, 3.05) is 12.9 Å². The van der Waals surface area contributed by atoms with Gasteiger partial charge in [0.25, 0.3) is 0 Å². The van der Waals surface area contributed by atoms with E-state index in [0.29, 0.717) is 5.02 Å². The predicted molar refractivity (Wildman–Crippen MR) is 61.5 cm³/mol. The van der Waals surface area contributed by atoms with Crippen molar-refractivity contribution in [1.29, 1.82) is 0 Å². The highest BCUT2D eigenvalue weighted by atomic mass is 35.5. The highest BCUT2D eigenvalue weighted by Crippen LogP contribution is 2.14. The minimum atomic E-state index is -3.62. The van der Waals surface area contributed by atoms with Gasteiger partial charge < -0.3 is 5.11 Å². The Morgan fingerprint density at radius 3 is 2.56 bits per heavy atom. The van der Waals surface area contributed by atoms with Crippen molar-refractivity contribution >= 4 is 27.2 Å². The highest BCUT2D eigenvalue weighted by molar-refractivity contribution is 7.92. The van der Waals surface area contributed by atoms with E-state index >= 15 is 0 Å². The van der Waals surface area contributed by atoms with Gasteiger partial charge in [0, 0.05) is 16.8 Å². The van der Waals surface area contributed by atoms with Crippen molar-refractivity contribution in [2.24, 2.45) is 0 Å². The zero-order valence-electron chi connectivity index (χ0n) is 8.55. The maximum atomic E-state index is 11.8. The molecule has 0 unspecified atom stereocenters. The average Bonchev–Trinajstić information content (AvgIpc) is 2.16. The summed E-state index contributed by atoms with van der Waals surface area (Å²) in [5.74, 6) is -0.646. The summed E-state index contributed by atoms with van der Waals surface area (Å²) >= 11 is 5.69. The Labute approximate surface area is 98.8 Å². The summed E-state index contributed by atoms with van der Waals surface area (Å²) in [6, 6.07) is 5.96. The third kappa shape index (κ3) is 3.04. The second kappa shape index (κ2) is 4.95. The van der Waals surface area contributed by atoms with Crippen LogP contribution in [0.3, 0.4) is 0 Å². The number of hydrogen-bond acceptors (Lipinski definition) is 4. The van der Waals surface area contributed by atoms with Gasteiger partial charge in [-0.25, -0.2) is 8.42 Å². The lowest BCUT2D eigenvalue weighted by atomic mass is 10.1. The largest absolute Gasteiger partial charge is 0.395 e. The number of aliphatic hydroxyl groups is 1. The molecule has 16 heavy (non-hydrogen) atoms. The van der Waals surface area contributed by atoms with Crippen LogP contribution in [0.1, 0.15) is 10.4 Å². The fraction of sp³-hybridized carbons (Fsp3) is 0.300. The zero-order valence-corrected chi connectivity index (χ0v) is 10.1. The normalized spacial score (nSPS) is 13.4. The standard InChI is InChI=1S/C10H11ClO4S/c1-16(14,15)9(6-12)10(13)7-3-2-4-8(11)5-7/h2-5,9,12H,6H2,1H3/t9-/m0/s1. The Morgan fingerprint density at radius 2 is 2.12 bits per heavy atom. The molecule has 0 spiro atoms. The maximum Gasteiger partial charge on any atom is 0.183 e. The van der Waals surface area contributed by atoms with E-state index in [1.54, 1.807) is 12.1 Å². The Morgan fingerprint density at radius 1 is 1.50 bits per heavy atom. The van der Waals surface area contributed by atoms with Gasteiger partial charge in [0.15, 0.2) is 15.6 Å². The molecule has 0 aliphatic rings. The van der Waals surface area contributed by atoms with Crippen molar-refractivity contribution < 1.29 is 18.3 Å². The van der Waals surface area contributed by atoms with Crippen LogP contribution in [0.2, 0.25) is 5.02 Å². The first kappa shape index (κ1) is 13.2. The number of aliphatic hydroxyl groups excluding tert-OH is 1. The minimum Gasteiger partial charge on any atom is -0.395 e. The van der Waals surface area contributed by atoms with E-state index in [2.05, 4.69) is 0 Å². The highest BCUT2D eigenvalue weighted by Gasteiger charge is 2.28. The summed E-state index contributed by atoms with van der Waals surface area (Å²) in [7, 11) is -3.62. The summed E-state index contributed by atoms with van der Waals surface area (Å²) in [4.78, 5) is 11.8. The average molecular weight is 263 g/mol. The lowest BCUT2D eigenvalue weighted by Gasteiger charge is -2.10. The molecular weight excluding hydrogens is 252 g/mol. The van der Waals surface area contributed by atoms with Crippen molar-refractivity contribution in [3.8, 4) is 0 Å². The Hall–Kier alpha value is -0.910. The van der Waals surface area contributed by atoms with Gasteiger partial charge in [0.1, 0.15) is 5.25 Å². The summed E-state index contributed by atoms with van der Waals surface area (Å²) in [6.07, 6.45) is 0.913. The smallest absolute Gasteiger partial charge is 0.183 e. The fourth-order valence-electron chi connectivity index (χ4n) is 1.24.